The summed E-state index contributed by atoms with van der Waals surface area (Å²) in [5, 5.41) is 10.7. The van der Waals surface area contributed by atoms with Crippen LogP contribution in [0.3, 0.4) is 0 Å². The number of aliphatic hydroxyl groups excluding tert-OH is 1. The second kappa shape index (κ2) is 6.63. The highest BCUT2D eigenvalue weighted by atomic mass is 32.1. The number of anilines is 1. The predicted octanol–water partition coefficient (Wildman–Crippen LogP) is 2.85. The summed E-state index contributed by atoms with van der Waals surface area (Å²) in [7, 11) is 0. The van der Waals surface area contributed by atoms with Crippen LogP contribution in [0.1, 0.15) is 51.6 Å². The lowest BCUT2D eigenvalue weighted by Gasteiger charge is -2.26. The van der Waals surface area contributed by atoms with Crippen molar-refractivity contribution in [3.8, 4) is 0 Å². The van der Waals surface area contributed by atoms with Crippen LogP contribution in [0.2, 0.25) is 0 Å². The van der Waals surface area contributed by atoms with Crippen LogP contribution < -0.4 is 4.90 Å². The van der Waals surface area contributed by atoms with Crippen LogP contribution in [0.25, 0.3) is 0 Å². The molecule has 1 aliphatic rings. The number of aromatic nitrogens is 1. The molecule has 0 aliphatic carbocycles. The Morgan fingerprint density at radius 1 is 1.33 bits per heavy atom. The fraction of sp³-hybridized carbons (Fsp3) is 0.812. The molecule has 1 unspecified atom stereocenters. The summed E-state index contributed by atoms with van der Waals surface area (Å²) in [6.07, 6.45) is 1.21. The first-order valence-corrected chi connectivity index (χ1v) is 8.82. The molecular formula is C16H29N3OS. The van der Waals surface area contributed by atoms with Crippen molar-refractivity contribution in [2.45, 2.75) is 59.1 Å². The van der Waals surface area contributed by atoms with Gasteiger partial charge in [-0.25, -0.2) is 4.98 Å². The van der Waals surface area contributed by atoms with E-state index < -0.39 is 0 Å². The van der Waals surface area contributed by atoms with Gasteiger partial charge in [-0.05, 0) is 19.5 Å². The van der Waals surface area contributed by atoms with Crippen molar-refractivity contribution >= 4 is 16.5 Å². The summed E-state index contributed by atoms with van der Waals surface area (Å²) < 4.78 is 0. The standard InChI is InChI=1S/C16H29N3OS/c1-6-18(7-2)12-8-9-19(10-12)15-17-14(16(3,4)5)13(11-20)21-15/h12,20H,6-11H2,1-5H3. The molecule has 0 saturated carbocycles. The molecular weight excluding hydrogens is 282 g/mol. The molecule has 2 heterocycles. The van der Waals surface area contributed by atoms with E-state index in [1.54, 1.807) is 11.3 Å². The maximum absolute atomic E-state index is 9.60. The largest absolute Gasteiger partial charge is 0.391 e. The Kier molecular flexibility index (Phi) is 5.28. The molecule has 21 heavy (non-hydrogen) atoms. The second-order valence-corrected chi connectivity index (χ2v) is 7.85. The summed E-state index contributed by atoms with van der Waals surface area (Å²) in [6.45, 7) is 15.4. The summed E-state index contributed by atoms with van der Waals surface area (Å²) in [4.78, 5) is 10.8. The molecule has 2 rings (SSSR count). The average molecular weight is 311 g/mol. The molecule has 0 spiro atoms. The first-order chi connectivity index (χ1) is 9.90. The summed E-state index contributed by atoms with van der Waals surface area (Å²) in [5.74, 6) is 0. The second-order valence-electron chi connectivity index (χ2n) is 6.79. The van der Waals surface area contributed by atoms with Gasteiger partial charge in [-0.2, -0.15) is 0 Å². The monoisotopic (exact) mass is 311 g/mol. The van der Waals surface area contributed by atoms with Gasteiger partial charge >= 0.3 is 0 Å². The number of hydrogen-bond donors (Lipinski definition) is 1. The van der Waals surface area contributed by atoms with E-state index in [1.165, 1.54) is 6.42 Å². The molecule has 1 fully saturated rings. The molecule has 1 aromatic heterocycles. The van der Waals surface area contributed by atoms with Gasteiger partial charge in [0.2, 0.25) is 0 Å². The third-order valence-electron chi connectivity index (χ3n) is 4.30. The van der Waals surface area contributed by atoms with Crippen molar-refractivity contribution in [3.63, 3.8) is 0 Å². The van der Waals surface area contributed by atoms with Crippen LogP contribution in [0.5, 0.6) is 0 Å². The Balaban J connectivity index is 2.15. The Bertz CT molecular complexity index is 463. The summed E-state index contributed by atoms with van der Waals surface area (Å²) >= 11 is 1.66. The van der Waals surface area contributed by atoms with Crippen molar-refractivity contribution in [1.29, 1.82) is 0 Å². The van der Waals surface area contributed by atoms with Gasteiger partial charge in [0.05, 0.1) is 17.2 Å². The van der Waals surface area contributed by atoms with E-state index in [0.717, 1.165) is 41.9 Å². The maximum Gasteiger partial charge on any atom is 0.185 e. The lowest BCUT2D eigenvalue weighted by molar-refractivity contribution is 0.232. The van der Waals surface area contributed by atoms with Gasteiger partial charge in [0.15, 0.2) is 5.13 Å². The Morgan fingerprint density at radius 3 is 2.48 bits per heavy atom. The van der Waals surface area contributed by atoms with E-state index in [2.05, 4.69) is 44.4 Å². The number of hydrogen-bond acceptors (Lipinski definition) is 5. The van der Waals surface area contributed by atoms with Crippen LogP contribution in [0.4, 0.5) is 5.13 Å². The minimum atomic E-state index is -0.00912. The molecule has 1 N–H and O–H groups in total. The molecule has 1 saturated heterocycles. The van der Waals surface area contributed by atoms with Crippen LogP contribution in [-0.2, 0) is 12.0 Å². The quantitative estimate of drug-likeness (QED) is 0.907. The molecule has 1 aliphatic heterocycles. The minimum absolute atomic E-state index is 0.00912. The predicted molar refractivity (Wildman–Crippen MR) is 90.3 cm³/mol. The Morgan fingerprint density at radius 2 is 2.00 bits per heavy atom. The Hall–Kier alpha value is -0.650. The summed E-state index contributed by atoms with van der Waals surface area (Å²) in [6, 6.07) is 0.638. The Labute approximate surface area is 132 Å². The van der Waals surface area contributed by atoms with Gasteiger partial charge in [0, 0.05) is 24.5 Å². The highest BCUT2D eigenvalue weighted by Crippen LogP contribution is 2.35. The van der Waals surface area contributed by atoms with Gasteiger partial charge in [-0.1, -0.05) is 46.0 Å². The van der Waals surface area contributed by atoms with Crippen LogP contribution in [0, 0.1) is 0 Å². The molecule has 5 heteroatoms. The molecule has 0 radical (unpaired) electrons. The van der Waals surface area contributed by atoms with Crippen LogP contribution >= 0.6 is 11.3 Å². The highest BCUT2D eigenvalue weighted by Gasteiger charge is 2.30. The molecule has 4 nitrogen and oxygen atoms in total. The zero-order valence-corrected chi connectivity index (χ0v) is 14.8. The number of nitrogens with zero attached hydrogens (tertiary/aromatic N) is 3. The number of likely N-dealkylation sites (N-methyl/N-ethyl adjacent to an activating group) is 1. The van der Waals surface area contributed by atoms with Crippen LogP contribution in [-0.4, -0.2) is 47.2 Å². The molecule has 0 aromatic carbocycles. The van der Waals surface area contributed by atoms with Crippen molar-refractivity contribution in [2.75, 3.05) is 31.1 Å². The zero-order valence-electron chi connectivity index (χ0n) is 14.0. The SMILES string of the molecule is CCN(CC)C1CCN(c2nc(C(C)(C)C)c(CO)s2)C1. The summed E-state index contributed by atoms with van der Waals surface area (Å²) in [5.41, 5.74) is 1.04. The van der Waals surface area contributed by atoms with E-state index >= 15 is 0 Å². The molecule has 0 bridgehead atoms. The highest BCUT2D eigenvalue weighted by molar-refractivity contribution is 7.15. The van der Waals surface area contributed by atoms with Crippen molar-refractivity contribution in [1.82, 2.24) is 9.88 Å². The van der Waals surface area contributed by atoms with Gasteiger partial charge in [-0.3, -0.25) is 4.90 Å². The van der Waals surface area contributed by atoms with Crippen molar-refractivity contribution in [2.24, 2.45) is 0 Å². The maximum atomic E-state index is 9.60. The van der Waals surface area contributed by atoms with E-state index in [9.17, 15) is 5.11 Å². The third kappa shape index (κ3) is 3.58. The van der Waals surface area contributed by atoms with E-state index in [4.69, 9.17) is 4.98 Å². The first kappa shape index (κ1) is 16.7. The average Bonchev–Trinajstić information content (AvgIpc) is 3.05. The van der Waals surface area contributed by atoms with Crippen molar-refractivity contribution < 1.29 is 5.11 Å². The fourth-order valence-electron chi connectivity index (χ4n) is 3.12. The van der Waals surface area contributed by atoms with E-state index in [1.807, 2.05) is 0 Å². The molecule has 0 amide bonds. The van der Waals surface area contributed by atoms with Crippen molar-refractivity contribution in [3.05, 3.63) is 10.6 Å². The normalized spacial score (nSPS) is 19.8. The lowest BCUT2D eigenvalue weighted by atomic mass is 9.91. The topological polar surface area (TPSA) is 39.6 Å². The number of thiazole rings is 1. The van der Waals surface area contributed by atoms with Gasteiger partial charge in [0.25, 0.3) is 0 Å². The van der Waals surface area contributed by atoms with E-state index in [-0.39, 0.29) is 12.0 Å². The smallest absolute Gasteiger partial charge is 0.185 e. The third-order valence-corrected chi connectivity index (χ3v) is 5.40. The van der Waals surface area contributed by atoms with Crippen LogP contribution in [0.15, 0.2) is 0 Å². The number of aliphatic hydroxyl groups is 1. The first-order valence-electron chi connectivity index (χ1n) is 8.00. The molecule has 1 aromatic rings. The zero-order chi connectivity index (χ0) is 15.6. The fourth-order valence-corrected chi connectivity index (χ4v) is 4.29. The van der Waals surface area contributed by atoms with E-state index in [0.29, 0.717) is 6.04 Å². The van der Waals surface area contributed by atoms with Gasteiger partial charge in [-0.15, -0.1) is 0 Å². The minimum Gasteiger partial charge on any atom is -0.391 e. The lowest BCUT2D eigenvalue weighted by Crippen LogP contribution is -2.37. The number of rotatable bonds is 5. The van der Waals surface area contributed by atoms with Gasteiger partial charge in [0.1, 0.15) is 0 Å². The van der Waals surface area contributed by atoms with Gasteiger partial charge < -0.3 is 10.0 Å². The molecule has 120 valence electrons. The molecule has 1 atom stereocenters.